The largest absolute Gasteiger partial charge is 0.369 e. The van der Waals surface area contributed by atoms with Gasteiger partial charge in [0.05, 0.1) is 5.56 Å². The molecule has 0 saturated carbocycles. The van der Waals surface area contributed by atoms with E-state index in [0.29, 0.717) is 18.7 Å². The molecule has 2 aromatic heterocycles. The van der Waals surface area contributed by atoms with Crippen LogP contribution >= 0.6 is 15.9 Å². The Kier molecular flexibility index (Phi) is 5.24. The van der Waals surface area contributed by atoms with Gasteiger partial charge in [-0.2, -0.15) is 0 Å². The van der Waals surface area contributed by atoms with Crippen molar-refractivity contribution in [3.05, 3.63) is 40.6 Å². The summed E-state index contributed by atoms with van der Waals surface area (Å²) in [7, 11) is 0. The number of halogens is 1. The number of hydrogen-bond donors (Lipinski definition) is 1. The third-order valence-corrected chi connectivity index (χ3v) is 4.28. The Morgan fingerprint density at radius 3 is 2.62 bits per heavy atom. The third kappa shape index (κ3) is 3.81. The summed E-state index contributed by atoms with van der Waals surface area (Å²) in [6.45, 7) is 5.63. The summed E-state index contributed by atoms with van der Waals surface area (Å²) in [6.07, 6.45) is 3.27. The van der Waals surface area contributed by atoms with Crippen LogP contribution in [0.4, 0.5) is 11.6 Å². The van der Waals surface area contributed by atoms with Crippen molar-refractivity contribution in [1.29, 1.82) is 0 Å². The second-order valence-electron chi connectivity index (χ2n) is 5.48. The van der Waals surface area contributed by atoms with Crippen LogP contribution in [0.15, 0.2) is 35.1 Å². The first-order valence-corrected chi connectivity index (χ1v) is 8.69. The maximum absolute atomic E-state index is 12.5. The van der Waals surface area contributed by atoms with Crippen LogP contribution in [0, 0.1) is 0 Å². The number of amides is 1. The molecule has 0 aliphatic carbocycles. The van der Waals surface area contributed by atoms with Crippen molar-refractivity contribution in [3.8, 4) is 0 Å². The molecule has 0 bridgehead atoms. The summed E-state index contributed by atoms with van der Waals surface area (Å²) in [6, 6.07) is 5.68. The fraction of sp³-hybridized carbons (Fsp3) is 0.375. The van der Waals surface area contributed by atoms with E-state index >= 15 is 0 Å². The average Bonchev–Trinajstić information content (AvgIpc) is 2.62. The molecule has 7 nitrogen and oxygen atoms in total. The summed E-state index contributed by atoms with van der Waals surface area (Å²) >= 11 is 3.35. The number of rotatable bonds is 4. The molecule has 0 aromatic carbocycles. The Morgan fingerprint density at radius 1 is 1.21 bits per heavy atom. The van der Waals surface area contributed by atoms with E-state index in [1.165, 1.54) is 0 Å². The van der Waals surface area contributed by atoms with E-state index in [1.54, 1.807) is 18.5 Å². The van der Waals surface area contributed by atoms with Gasteiger partial charge >= 0.3 is 0 Å². The predicted molar refractivity (Wildman–Crippen MR) is 96.2 cm³/mol. The zero-order chi connectivity index (χ0) is 16.9. The molecule has 3 rings (SSSR count). The first-order chi connectivity index (χ1) is 11.7. The van der Waals surface area contributed by atoms with E-state index in [9.17, 15) is 4.79 Å². The lowest BCUT2D eigenvalue weighted by molar-refractivity contribution is 0.0746. The Hall–Kier alpha value is -2.22. The van der Waals surface area contributed by atoms with Crippen LogP contribution in [0.25, 0.3) is 0 Å². The second kappa shape index (κ2) is 7.57. The molecule has 0 spiro atoms. The lowest BCUT2D eigenvalue weighted by atomic mass is 10.2. The van der Waals surface area contributed by atoms with Crippen molar-refractivity contribution < 1.29 is 4.79 Å². The molecule has 126 valence electrons. The summed E-state index contributed by atoms with van der Waals surface area (Å²) in [5.74, 6) is 1.63. The number of carbonyl (C=O) groups is 1. The summed E-state index contributed by atoms with van der Waals surface area (Å²) in [4.78, 5) is 20.6. The molecule has 0 atom stereocenters. The normalized spacial score (nSPS) is 14.6. The average molecular weight is 391 g/mol. The van der Waals surface area contributed by atoms with Crippen LogP contribution < -0.4 is 10.2 Å². The maximum Gasteiger partial charge on any atom is 0.255 e. The minimum Gasteiger partial charge on any atom is -0.369 e. The quantitative estimate of drug-likeness (QED) is 0.860. The van der Waals surface area contributed by atoms with Crippen LogP contribution in [0.2, 0.25) is 0 Å². The number of piperazine rings is 1. The van der Waals surface area contributed by atoms with E-state index in [1.807, 2.05) is 24.0 Å². The van der Waals surface area contributed by atoms with E-state index < -0.39 is 0 Å². The molecule has 24 heavy (non-hydrogen) atoms. The number of hydrogen-bond acceptors (Lipinski definition) is 6. The van der Waals surface area contributed by atoms with Gasteiger partial charge in [-0.1, -0.05) is 0 Å². The molecular formula is C16H19BrN6O. The van der Waals surface area contributed by atoms with Gasteiger partial charge in [0.15, 0.2) is 5.82 Å². The Labute approximate surface area is 149 Å². The van der Waals surface area contributed by atoms with Crippen LogP contribution in [-0.4, -0.2) is 58.7 Å². The first-order valence-electron chi connectivity index (χ1n) is 7.89. The number of pyridine rings is 1. The monoisotopic (exact) mass is 390 g/mol. The molecule has 2 aromatic rings. The van der Waals surface area contributed by atoms with E-state index in [-0.39, 0.29) is 5.91 Å². The molecule has 1 amide bonds. The molecule has 1 N–H and O–H groups in total. The van der Waals surface area contributed by atoms with Crippen LogP contribution in [0.5, 0.6) is 0 Å². The van der Waals surface area contributed by atoms with Gasteiger partial charge in [0, 0.05) is 49.6 Å². The fourth-order valence-corrected chi connectivity index (χ4v) is 2.98. The van der Waals surface area contributed by atoms with Gasteiger partial charge in [-0.15, -0.1) is 10.2 Å². The van der Waals surface area contributed by atoms with Crippen molar-refractivity contribution in [2.45, 2.75) is 6.92 Å². The summed E-state index contributed by atoms with van der Waals surface area (Å²) in [5.41, 5.74) is 0.604. The van der Waals surface area contributed by atoms with E-state index in [0.717, 1.165) is 35.7 Å². The molecule has 3 heterocycles. The van der Waals surface area contributed by atoms with Crippen molar-refractivity contribution >= 4 is 33.5 Å². The highest BCUT2D eigenvalue weighted by Gasteiger charge is 2.23. The molecule has 1 saturated heterocycles. The Morgan fingerprint density at radius 2 is 2.00 bits per heavy atom. The smallest absolute Gasteiger partial charge is 0.255 e. The van der Waals surface area contributed by atoms with Gasteiger partial charge in [-0.05, 0) is 41.1 Å². The minimum absolute atomic E-state index is 0.0111. The third-order valence-electron chi connectivity index (χ3n) is 3.85. The standard InChI is InChI=1S/C16H19BrN6O/c1-2-19-14-3-4-15(21-20-14)22-5-7-23(8-6-22)16(24)12-9-13(17)11-18-10-12/h3-4,9-11H,2,5-8H2,1H3,(H,19,20). The summed E-state index contributed by atoms with van der Waals surface area (Å²) < 4.78 is 0.808. The molecule has 1 aliphatic rings. The highest BCUT2D eigenvalue weighted by atomic mass is 79.9. The Bertz CT molecular complexity index is 700. The molecule has 8 heteroatoms. The zero-order valence-electron chi connectivity index (χ0n) is 13.4. The van der Waals surface area contributed by atoms with E-state index in [2.05, 4.69) is 41.3 Å². The molecule has 1 fully saturated rings. The fourth-order valence-electron chi connectivity index (χ4n) is 2.62. The second-order valence-corrected chi connectivity index (χ2v) is 6.39. The first kappa shape index (κ1) is 16.6. The molecule has 0 radical (unpaired) electrons. The predicted octanol–water partition coefficient (Wildman–Crippen LogP) is 2.03. The lowest BCUT2D eigenvalue weighted by Crippen LogP contribution is -2.49. The molecule has 1 aliphatic heterocycles. The van der Waals surface area contributed by atoms with Gasteiger partial charge in [-0.3, -0.25) is 9.78 Å². The highest BCUT2D eigenvalue weighted by Crippen LogP contribution is 2.17. The number of carbonyl (C=O) groups excluding carboxylic acids is 1. The topological polar surface area (TPSA) is 74.2 Å². The highest BCUT2D eigenvalue weighted by molar-refractivity contribution is 9.10. The minimum atomic E-state index is 0.0111. The Balaban J connectivity index is 1.60. The van der Waals surface area contributed by atoms with Gasteiger partial charge in [-0.25, -0.2) is 0 Å². The number of nitrogens with zero attached hydrogens (tertiary/aromatic N) is 5. The lowest BCUT2D eigenvalue weighted by Gasteiger charge is -2.35. The van der Waals surface area contributed by atoms with Crippen LogP contribution in [-0.2, 0) is 0 Å². The summed E-state index contributed by atoms with van der Waals surface area (Å²) in [5, 5.41) is 11.5. The van der Waals surface area contributed by atoms with Crippen molar-refractivity contribution in [2.75, 3.05) is 42.9 Å². The maximum atomic E-state index is 12.5. The van der Waals surface area contributed by atoms with Crippen LogP contribution in [0.1, 0.15) is 17.3 Å². The number of nitrogens with one attached hydrogen (secondary N) is 1. The molecule has 0 unspecified atom stereocenters. The SMILES string of the molecule is CCNc1ccc(N2CCN(C(=O)c3cncc(Br)c3)CC2)nn1. The van der Waals surface area contributed by atoms with Gasteiger partial charge in [0.1, 0.15) is 5.82 Å². The number of aromatic nitrogens is 3. The van der Waals surface area contributed by atoms with Gasteiger partial charge in [0.25, 0.3) is 5.91 Å². The molecular weight excluding hydrogens is 372 g/mol. The zero-order valence-corrected chi connectivity index (χ0v) is 15.0. The van der Waals surface area contributed by atoms with Crippen molar-refractivity contribution in [1.82, 2.24) is 20.1 Å². The number of anilines is 2. The van der Waals surface area contributed by atoms with Crippen molar-refractivity contribution in [2.24, 2.45) is 0 Å². The van der Waals surface area contributed by atoms with Crippen molar-refractivity contribution in [3.63, 3.8) is 0 Å². The van der Waals surface area contributed by atoms with E-state index in [4.69, 9.17) is 0 Å². The van der Waals surface area contributed by atoms with Gasteiger partial charge in [0.2, 0.25) is 0 Å². The van der Waals surface area contributed by atoms with Crippen LogP contribution in [0.3, 0.4) is 0 Å². The van der Waals surface area contributed by atoms with Gasteiger partial charge < -0.3 is 15.1 Å².